The molecule has 0 spiro atoms. The molecular formula is C23H23N3O5S2. The first kappa shape index (κ1) is 22.8. The third kappa shape index (κ3) is 4.44. The Kier molecular flexibility index (Phi) is 6.39. The fourth-order valence-electron chi connectivity index (χ4n) is 3.65. The molecular weight excluding hydrogens is 462 g/mol. The number of sulfonamides is 1. The fourth-order valence-corrected chi connectivity index (χ4v) is 6.09. The van der Waals surface area contributed by atoms with Gasteiger partial charge in [0.1, 0.15) is 4.90 Å². The zero-order valence-electron chi connectivity index (χ0n) is 18.4. The number of thiazole rings is 1. The summed E-state index contributed by atoms with van der Waals surface area (Å²) in [4.78, 5) is 16.9. The van der Waals surface area contributed by atoms with Gasteiger partial charge in [-0.2, -0.15) is 4.99 Å². The summed E-state index contributed by atoms with van der Waals surface area (Å²) in [6.45, 7) is 0.336. The number of amides is 1. The predicted octanol–water partition coefficient (Wildman–Crippen LogP) is 3.00. The molecule has 1 aliphatic heterocycles. The average molecular weight is 486 g/mol. The summed E-state index contributed by atoms with van der Waals surface area (Å²) in [5, 5.41) is 1.83. The van der Waals surface area contributed by atoms with Gasteiger partial charge in [0, 0.05) is 31.2 Å². The van der Waals surface area contributed by atoms with Crippen molar-refractivity contribution in [2.75, 3.05) is 25.1 Å². The number of carbonyl (C=O) groups is 1. The molecule has 0 fully saturated rings. The van der Waals surface area contributed by atoms with Crippen LogP contribution >= 0.6 is 11.3 Å². The van der Waals surface area contributed by atoms with E-state index in [4.69, 9.17) is 9.47 Å². The van der Waals surface area contributed by atoms with Crippen LogP contribution < -0.4 is 18.6 Å². The minimum absolute atomic E-state index is 0.0326. The Hall–Kier alpha value is -3.37. The van der Waals surface area contributed by atoms with Crippen LogP contribution in [-0.4, -0.2) is 39.7 Å². The van der Waals surface area contributed by atoms with E-state index >= 15 is 0 Å². The molecule has 4 rings (SSSR count). The monoisotopic (exact) mass is 485 g/mol. The molecule has 1 amide bonds. The maximum atomic E-state index is 13.7. The van der Waals surface area contributed by atoms with Gasteiger partial charge in [-0.1, -0.05) is 18.2 Å². The molecule has 1 aliphatic rings. The lowest BCUT2D eigenvalue weighted by Crippen LogP contribution is -2.29. The van der Waals surface area contributed by atoms with Crippen molar-refractivity contribution in [1.82, 2.24) is 4.57 Å². The molecule has 3 aromatic rings. The van der Waals surface area contributed by atoms with Crippen molar-refractivity contribution in [3.8, 4) is 11.5 Å². The average Bonchev–Trinajstić information content (AvgIpc) is 3.43. The SMILES string of the molecule is COc1cc(/C=C/C(=O)N=c2sccn2C)cc(S(=O)(=O)N2CCc3ccccc32)c1OC. The Balaban J connectivity index is 1.75. The van der Waals surface area contributed by atoms with E-state index in [2.05, 4.69) is 4.99 Å². The largest absolute Gasteiger partial charge is 0.493 e. The van der Waals surface area contributed by atoms with E-state index in [-0.39, 0.29) is 16.4 Å². The van der Waals surface area contributed by atoms with Crippen molar-refractivity contribution in [3.05, 3.63) is 70.0 Å². The molecule has 0 radical (unpaired) electrons. The first-order chi connectivity index (χ1) is 15.8. The molecule has 0 atom stereocenters. The molecule has 2 aromatic carbocycles. The molecule has 0 bridgehead atoms. The maximum Gasteiger partial charge on any atom is 0.272 e. The molecule has 10 heteroatoms. The standard InChI is InChI=1S/C23H23N3O5S2/c1-25-12-13-32-23(25)24-21(27)9-8-16-14-19(30-2)22(31-3)20(15-16)33(28,29)26-11-10-17-6-4-5-7-18(17)26/h4-9,12-15H,10-11H2,1-3H3/b9-8+,24-23?. The highest BCUT2D eigenvalue weighted by Gasteiger charge is 2.34. The van der Waals surface area contributed by atoms with Crippen LogP contribution in [0.5, 0.6) is 11.5 Å². The van der Waals surface area contributed by atoms with E-state index in [0.29, 0.717) is 29.0 Å². The van der Waals surface area contributed by atoms with Gasteiger partial charge in [-0.3, -0.25) is 9.10 Å². The lowest BCUT2D eigenvalue weighted by atomic mass is 10.2. The van der Waals surface area contributed by atoms with Crippen LogP contribution in [0.15, 0.2) is 63.9 Å². The summed E-state index contributed by atoms with van der Waals surface area (Å²) < 4.78 is 41.3. The van der Waals surface area contributed by atoms with Gasteiger partial charge in [0.2, 0.25) is 0 Å². The number of hydrogen-bond donors (Lipinski definition) is 0. The van der Waals surface area contributed by atoms with Crippen LogP contribution in [-0.2, 0) is 28.3 Å². The van der Waals surface area contributed by atoms with Crippen LogP contribution in [0, 0.1) is 0 Å². The second kappa shape index (κ2) is 9.24. The maximum absolute atomic E-state index is 13.7. The van der Waals surface area contributed by atoms with E-state index in [1.807, 2.05) is 29.8 Å². The summed E-state index contributed by atoms with van der Waals surface area (Å²) in [7, 11) is 0.680. The normalized spacial score (nSPS) is 14.0. The van der Waals surface area contributed by atoms with Crippen molar-refractivity contribution in [2.24, 2.45) is 12.0 Å². The Bertz CT molecular complexity index is 1400. The van der Waals surface area contributed by atoms with E-state index in [1.54, 1.807) is 23.7 Å². The van der Waals surface area contributed by atoms with Gasteiger partial charge in [-0.25, -0.2) is 8.42 Å². The number of para-hydroxylation sites is 1. The zero-order chi connectivity index (χ0) is 23.6. The second-order valence-corrected chi connectivity index (χ2v) is 9.99. The number of carbonyl (C=O) groups excluding carboxylic acids is 1. The van der Waals surface area contributed by atoms with Gasteiger partial charge < -0.3 is 14.0 Å². The number of ether oxygens (including phenoxy) is 2. The highest BCUT2D eigenvalue weighted by atomic mass is 32.2. The van der Waals surface area contributed by atoms with Crippen molar-refractivity contribution in [1.29, 1.82) is 0 Å². The molecule has 1 aromatic heterocycles. The quantitative estimate of drug-likeness (QED) is 0.501. The van der Waals surface area contributed by atoms with Crippen molar-refractivity contribution in [2.45, 2.75) is 11.3 Å². The molecule has 33 heavy (non-hydrogen) atoms. The van der Waals surface area contributed by atoms with Gasteiger partial charge in [0.15, 0.2) is 16.3 Å². The lowest BCUT2D eigenvalue weighted by molar-refractivity contribution is -0.113. The number of methoxy groups -OCH3 is 2. The Morgan fingerprint density at radius 1 is 1.18 bits per heavy atom. The molecule has 0 saturated heterocycles. The first-order valence-electron chi connectivity index (χ1n) is 10.1. The van der Waals surface area contributed by atoms with Crippen molar-refractivity contribution < 1.29 is 22.7 Å². The van der Waals surface area contributed by atoms with Gasteiger partial charge in [0.25, 0.3) is 15.9 Å². The van der Waals surface area contributed by atoms with E-state index in [0.717, 1.165) is 5.56 Å². The molecule has 0 unspecified atom stereocenters. The third-order valence-corrected chi connectivity index (χ3v) is 7.93. The Morgan fingerprint density at radius 3 is 2.67 bits per heavy atom. The van der Waals surface area contributed by atoms with Crippen molar-refractivity contribution >= 4 is 39.0 Å². The van der Waals surface area contributed by atoms with Gasteiger partial charge >= 0.3 is 0 Å². The first-order valence-corrected chi connectivity index (χ1v) is 12.4. The highest BCUT2D eigenvalue weighted by molar-refractivity contribution is 7.93. The third-order valence-electron chi connectivity index (χ3n) is 5.26. The summed E-state index contributed by atoms with van der Waals surface area (Å²) in [6.07, 6.45) is 5.24. The van der Waals surface area contributed by atoms with Crippen LogP contribution in [0.3, 0.4) is 0 Å². The second-order valence-electron chi connectivity index (χ2n) is 7.29. The van der Waals surface area contributed by atoms with Crippen LogP contribution in [0.4, 0.5) is 5.69 Å². The fraction of sp³-hybridized carbons (Fsp3) is 0.217. The smallest absolute Gasteiger partial charge is 0.272 e. The van der Waals surface area contributed by atoms with Crippen LogP contribution in [0.2, 0.25) is 0 Å². The van der Waals surface area contributed by atoms with Gasteiger partial charge in [-0.15, -0.1) is 11.3 Å². The summed E-state index contributed by atoms with van der Waals surface area (Å²) in [5.74, 6) is -0.0962. The Morgan fingerprint density at radius 2 is 1.97 bits per heavy atom. The topological polar surface area (TPSA) is 90.2 Å². The molecule has 0 N–H and O–H groups in total. The molecule has 2 heterocycles. The number of fused-ring (bicyclic) bond motifs is 1. The van der Waals surface area contributed by atoms with Crippen molar-refractivity contribution in [3.63, 3.8) is 0 Å². The molecule has 8 nitrogen and oxygen atoms in total. The zero-order valence-corrected chi connectivity index (χ0v) is 20.0. The minimum Gasteiger partial charge on any atom is -0.493 e. The highest BCUT2D eigenvalue weighted by Crippen LogP contribution is 2.40. The number of aromatic nitrogens is 1. The number of nitrogens with zero attached hydrogens (tertiary/aromatic N) is 3. The number of anilines is 1. The van der Waals surface area contributed by atoms with E-state index < -0.39 is 15.9 Å². The molecule has 0 aliphatic carbocycles. The summed E-state index contributed by atoms with van der Waals surface area (Å²) >= 11 is 1.35. The van der Waals surface area contributed by atoms with Crippen LogP contribution in [0.25, 0.3) is 6.08 Å². The van der Waals surface area contributed by atoms with E-state index in [9.17, 15) is 13.2 Å². The number of hydrogen-bond acceptors (Lipinski definition) is 6. The minimum atomic E-state index is -3.95. The number of aryl methyl sites for hydroxylation is 1. The Labute approximate surface area is 196 Å². The van der Waals surface area contributed by atoms with Gasteiger partial charge in [-0.05, 0) is 41.8 Å². The lowest BCUT2D eigenvalue weighted by Gasteiger charge is -2.22. The molecule has 172 valence electrons. The summed E-state index contributed by atoms with van der Waals surface area (Å²) in [6, 6.07) is 10.5. The van der Waals surface area contributed by atoms with Gasteiger partial charge in [0.05, 0.1) is 19.9 Å². The molecule has 0 saturated carbocycles. The predicted molar refractivity (Wildman–Crippen MR) is 127 cm³/mol. The number of benzene rings is 2. The van der Waals surface area contributed by atoms with E-state index in [1.165, 1.54) is 48.1 Å². The summed E-state index contributed by atoms with van der Waals surface area (Å²) in [5.41, 5.74) is 2.09. The van der Waals surface area contributed by atoms with Crippen LogP contribution in [0.1, 0.15) is 11.1 Å². The number of rotatable bonds is 6.